The van der Waals surface area contributed by atoms with Gasteiger partial charge in [0, 0.05) is 0 Å². The van der Waals surface area contributed by atoms with Gasteiger partial charge in [0.15, 0.2) is 0 Å². The molecule has 0 aromatic carbocycles. The third-order valence-corrected chi connectivity index (χ3v) is 2.54. The van der Waals surface area contributed by atoms with Gasteiger partial charge in [0.25, 0.3) is 0 Å². The highest BCUT2D eigenvalue weighted by Crippen LogP contribution is 2.20. The molecule has 0 heterocycles. The maximum absolute atomic E-state index is 8.26. The topological polar surface area (TPSA) is 29.5 Å². The van der Waals surface area contributed by atoms with E-state index < -0.39 is 0 Å². The number of thiol groups is 1. The second-order valence-electron chi connectivity index (χ2n) is 2.14. The van der Waals surface area contributed by atoms with Gasteiger partial charge in [0.05, 0.1) is 0 Å². The summed E-state index contributed by atoms with van der Waals surface area (Å²) >= 11 is 3.93. The molecule has 4 heteroatoms. The van der Waals surface area contributed by atoms with Gasteiger partial charge in [0.2, 0.25) is 0 Å². The predicted octanol–water partition coefficient (Wildman–Crippen LogP) is 2.96. The Morgan fingerprint density at radius 2 is 2.30 bits per heavy atom. The van der Waals surface area contributed by atoms with Crippen molar-refractivity contribution < 1.29 is 10.1 Å². The fourth-order valence-corrected chi connectivity index (χ4v) is 1.43. The Bertz CT molecular complexity index is 66.8. The molecule has 1 atom stereocenters. The minimum absolute atomic E-state index is 0.158. The van der Waals surface area contributed by atoms with Crippen molar-refractivity contribution >= 4 is 22.5 Å². The molecule has 0 saturated carbocycles. The van der Waals surface area contributed by atoms with Crippen LogP contribution in [-0.4, -0.2) is 10.7 Å². The lowest BCUT2D eigenvalue weighted by atomic mass is 10.2. The Hall–Kier alpha value is 0.620. The minimum Gasteiger partial charge on any atom is -0.251 e. The lowest BCUT2D eigenvalue weighted by Gasteiger charge is -2.07. The second kappa shape index (κ2) is 7.72. The molecule has 0 rings (SSSR count). The van der Waals surface area contributed by atoms with Crippen LogP contribution < -0.4 is 0 Å². The molecule has 0 saturated heterocycles. The van der Waals surface area contributed by atoms with Crippen molar-refractivity contribution in [1.29, 1.82) is 0 Å². The summed E-state index contributed by atoms with van der Waals surface area (Å²) < 4.78 is 0. The van der Waals surface area contributed by atoms with Gasteiger partial charge in [-0.05, 0) is 12.8 Å². The first kappa shape index (κ1) is 10.6. The molecule has 0 radical (unpaired) electrons. The molecule has 0 aliphatic heterocycles. The van der Waals surface area contributed by atoms with E-state index in [4.69, 9.17) is 5.26 Å². The van der Waals surface area contributed by atoms with Crippen LogP contribution in [0.3, 0.4) is 0 Å². The molecule has 0 amide bonds. The molecule has 0 spiro atoms. The van der Waals surface area contributed by atoms with Gasteiger partial charge in [0.1, 0.15) is 5.44 Å². The molecule has 0 aromatic rings. The van der Waals surface area contributed by atoms with Crippen LogP contribution in [0.15, 0.2) is 0 Å². The monoisotopic (exact) mass is 182 g/mol. The molecule has 2 nitrogen and oxygen atoms in total. The van der Waals surface area contributed by atoms with Gasteiger partial charge in [-0.2, -0.15) is 0 Å². The van der Waals surface area contributed by atoms with Gasteiger partial charge >= 0.3 is 0 Å². The molecule has 0 bridgehead atoms. The number of hydrogen-bond donors (Lipinski definition) is 2. The van der Waals surface area contributed by atoms with Crippen molar-refractivity contribution in [2.45, 2.75) is 38.0 Å². The van der Waals surface area contributed by atoms with Gasteiger partial charge in [-0.1, -0.05) is 30.6 Å². The zero-order valence-corrected chi connectivity index (χ0v) is 7.83. The number of rotatable bonds is 6. The average Bonchev–Trinajstić information content (AvgIpc) is 1.99. The Morgan fingerprint density at radius 1 is 1.60 bits per heavy atom. The third-order valence-electron chi connectivity index (χ3n) is 1.28. The van der Waals surface area contributed by atoms with E-state index in [-0.39, 0.29) is 5.44 Å². The standard InChI is InChI=1S/C6H14O2S2/c1-2-3-4-5-6(8-7)10-9/h6-7,9H,2-5H2,1H3. The van der Waals surface area contributed by atoms with Crippen molar-refractivity contribution in [2.24, 2.45) is 0 Å². The van der Waals surface area contributed by atoms with E-state index in [2.05, 4.69) is 23.5 Å². The summed E-state index contributed by atoms with van der Waals surface area (Å²) in [5.41, 5.74) is -0.158. The van der Waals surface area contributed by atoms with Crippen LogP contribution >= 0.6 is 22.5 Å². The van der Waals surface area contributed by atoms with Crippen molar-refractivity contribution in [2.75, 3.05) is 0 Å². The molecular formula is C6H14O2S2. The molecule has 0 aliphatic carbocycles. The molecule has 0 aromatic heterocycles. The van der Waals surface area contributed by atoms with E-state index in [1.165, 1.54) is 23.6 Å². The van der Waals surface area contributed by atoms with Crippen LogP contribution in [0.1, 0.15) is 32.6 Å². The predicted molar refractivity (Wildman–Crippen MR) is 48.2 cm³/mol. The highest BCUT2D eigenvalue weighted by atomic mass is 33.1. The summed E-state index contributed by atoms with van der Waals surface area (Å²) in [5.74, 6) is 0. The van der Waals surface area contributed by atoms with Gasteiger partial charge in [-0.3, -0.25) is 5.26 Å². The average molecular weight is 182 g/mol. The Morgan fingerprint density at radius 3 is 2.70 bits per heavy atom. The zero-order valence-electron chi connectivity index (χ0n) is 6.12. The molecule has 1 N–H and O–H groups in total. The van der Waals surface area contributed by atoms with E-state index in [9.17, 15) is 0 Å². The fourth-order valence-electron chi connectivity index (χ4n) is 0.686. The quantitative estimate of drug-likeness (QED) is 0.165. The van der Waals surface area contributed by atoms with Crippen LogP contribution in [0.4, 0.5) is 0 Å². The largest absolute Gasteiger partial charge is 0.251 e. The highest BCUT2D eigenvalue weighted by molar-refractivity contribution is 8.68. The second-order valence-corrected chi connectivity index (χ2v) is 3.51. The zero-order chi connectivity index (χ0) is 7.82. The lowest BCUT2D eigenvalue weighted by Crippen LogP contribution is -2.02. The van der Waals surface area contributed by atoms with Crippen molar-refractivity contribution in [1.82, 2.24) is 0 Å². The van der Waals surface area contributed by atoms with Crippen molar-refractivity contribution in [3.05, 3.63) is 0 Å². The van der Waals surface area contributed by atoms with Crippen molar-refractivity contribution in [3.8, 4) is 0 Å². The van der Waals surface area contributed by atoms with Crippen LogP contribution in [0.25, 0.3) is 0 Å². The highest BCUT2D eigenvalue weighted by Gasteiger charge is 2.05. The Balaban J connectivity index is 3.09. The first-order chi connectivity index (χ1) is 4.85. The van der Waals surface area contributed by atoms with E-state index in [1.54, 1.807) is 0 Å². The fraction of sp³-hybridized carbons (Fsp3) is 1.00. The molecular weight excluding hydrogens is 168 g/mol. The van der Waals surface area contributed by atoms with E-state index >= 15 is 0 Å². The normalized spacial score (nSPS) is 13.5. The minimum atomic E-state index is -0.158. The summed E-state index contributed by atoms with van der Waals surface area (Å²) in [7, 11) is 1.24. The van der Waals surface area contributed by atoms with Gasteiger partial charge < -0.3 is 0 Å². The van der Waals surface area contributed by atoms with Crippen molar-refractivity contribution in [3.63, 3.8) is 0 Å². The summed E-state index contributed by atoms with van der Waals surface area (Å²) in [6, 6.07) is 0. The SMILES string of the molecule is CCCCCC(OO)SS. The summed E-state index contributed by atoms with van der Waals surface area (Å²) in [5, 5.41) is 8.26. The van der Waals surface area contributed by atoms with E-state index in [0.717, 1.165) is 12.8 Å². The summed E-state index contributed by atoms with van der Waals surface area (Å²) in [6.07, 6.45) is 4.34. The maximum Gasteiger partial charge on any atom is 0.147 e. The molecule has 1 unspecified atom stereocenters. The molecule has 0 fully saturated rings. The van der Waals surface area contributed by atoms with Crippen LogP contribution in [-0.2, 0) is 4.89 Å². The van der Waals surface area contributed by atoms with E-state index in [1.807, 2.05) is 0 Å². The van der Waals surface area contributed by atoms with Crippen LogP contribution in [0.2, 0.25) is 0 Å². The number of hydrogen-bond acceptors (Lipinski definition) is 4. The van der Waals surface area contributed by atoms with Gasteiger partial charge in [-0.15, -0.1) is 11.7 Å². The smallest absolute Gasteiger partial charge is 0.147 e. The lowest BCUT2D eigenvalue weighted by molar-refractivity contribution is -0.254. The molecule has 62 valence electrons. The Kier molecular flexibility index (Phi) is 8.20. The molecule has 0 aliphatic rings. The van der Waals surface area contributed by atoms with Crippen LogP contribution in [0, 0.1) is 0 Å². The third kappa shape index (κ3) is 5.41. The van der Waals surface area contributed by atoms with E-state index in [0.29, 0.717) is 0 Å². The summed E-state index contributed by atoms with van der Waals surface area (Å²) in [4.78, 5) is 4.13. The maximum atomic E-state index is 8.26. The van der Waals surface area contributed by atoms with Crippen LogP contribution in [0.5, 0.6) is 0 Å². The van der Waals surface area contributed by atoms with Gasteiger partial charge in [-0.25, -0.2) is 4.89 Å². The first-order valence-corrected chi connectivity index (χ1v) is 5.38. The summed E-state index contributed by atoms with van der Waals surface area (Å²) in [6.45, 7) is 2.14. The first-order valence-electron chi connectivity index (χ1n) is 3.45. The Labute approximate surface area is 71.1 Å². The molecule has 10 heavy (non-hydrogen) atoms. The number of unbranched alkanes of at least 4 members (excludes halogenated alkanes) is 2.